The minimum atomic E-state index is -0.267. The molecule has 5 nitrogen and oxygen atoms in total. The lowest BCUT2D eigenvalue weighted by Crippen LogP contribution is -2.53. The van der Waals surface area contributed by atoms with Crippen molar-refractivity contribution in [3.63, 3.8) is 0 Å². The number of piperidine rings is 1. The van der Waals surface area contributed by atoms with E-state index in [0.717, 1.165) is 44.3 Å². The van der Waals surface area contributed by atoms with E-state index < -0.39 is 0 Å². The third-order valence-corrected chi connectivity index (χ3v) is 5.20. The van der Waals surface area contributed by atoms with E-state index in [4.69, 9.17) is 0 Å². The van der Waals surface area contributed by atoms with Crippen molar-refractivity contribution in [2.45, 2.75) is 44.2 Å². The first-order valence-corrected chi connectivity index (χ1v) is 8.98. The minimum Gasteiger partial charge on any atom is -0.339 e. The smallest absolute Gasteiger partial charge is 0.245 e. The van der Waals surface area contributed by atoms with Crippen LogP contribution in [-0.4, -0.2) is 60.4 Å². The minimum absolute atomic E-state index is 0.0687. The van der Waals surface area contributed by atoms with Crippen molar-refractivity contribution in [3.05, 3.63) is 35.9 Å². The average molecular weight is 329 g/mol. The number of carbonyl (C=O) groups excluding carboxylic acids is 2. The van der Waals surface area contributed by atoms with Gasteiger partial charge in [0.05, 0.1) is 6.42 Å². The third-order valence-electron chi connectivity index (χ3n) is 5.20. The van der Waals surface area contributed by atoms with Gasteiger partial charge in [0.25, 0.3) is 0 Å². The summed E-state index contributed by atoms with van der Waals surface area (Å²) < 4.78 is 0. The van der Waals surface area contributed by atoms with Gasteiger partial charge in [-0.05, 0) is 38.3 Å². The highest BCUT2D eigenvalue weighted by Crippen LogP contribution is 2.22. The summed E-state index contributed by atoms with van der Waals surface area (Å²) in [4.78, 5) is 29.4. The molecule has 2 amide bonds. The Balaban J connectivity index is 1.64. The molecule has 2 unspecified atom stereocenters. The number of benzene rings is 1. The molecule has 0 radical (unpaired) electrons. The van der Waals surface area contributed by atoms with Crippen LogP contribution in [0.15, 0.2) is 30.3 Å². The van der Waals surface area contributed by atoms with Gasteiger partial charge in [-0.3, -0.25) is 9.59 Å². The highest BCUT2D eigenvalue weighted by molar-refractivity contribution is 5.89. The molecule has 0 aliphatic carbocycles. The molecule has 2 atom stereocenters. The number of rotatable bonds is 4. The van der Waals surface area contributed by atoms with Crippen LogP contribution in [0.3, 0.4) is 0 Å². The average Bonchev–Trinajstić information content (AvgIpc) is 3.12. The fraction of sp³-hybridized carbons (Fsp3) is 0.579. The summed E-state index contributed by atoms with van der Waals surface area (Å²) in [7, 11) is 1.95. The van der Waals surface area contributed by atoms with Gasteiger partial charge in [0.2, 0.25) is 11.8 Å². The molecule has 3 rings (SSSR count). The first-order valence-electron chi connectivity index (χ1n) is 8.98. The van der Waals surface area contributed by atoms with Crippen molar-refractivity contribution in [1.29, 1.82) is 0 Å². The lowest BCUT2D eigenvalue weighted by molar-refractivity contribution is -0.144. The molecule has 2 aliphatic rings. The zero-order valence-electron chi connectivity index (χ0n) is 14.4. The first-order chi connectivity index (χ1) is 11.7. The predicted molar refractivity (Wildman–Crippen MR) is 93.5 cm³/mol. The Morgan fingerprint density at radius 3 is 2.62 bits per heavy atom. The number of likely N-dealkylation sites (N-methyl/N-ethyl adjacent to an activating group) is 1. The Morgan fingerprint density at radius 2 is 1.88 bits per heavy atom. The van der Waals surface area contributed by atoms with E-state index in [1.807, 2.05) is 42.3 Å². The Hall–Kier alpha value is -1.88. The molecule has 0 saturated carbocycles. The number of nitrogens with zero attached hydrogens (tertiary/aromatic N) is 2. The molecular formula is C19H27N3O2. The summed E-state index contributed by atoms with van der Waals surface area (Å²) >= 11 is 0. The molecule has 2 fully saturated rings. The SMILES string of the molecule is CNC1CCCN(C(=O)C2CCCN2C(=O)Cc2ccccc2)C1. The lowest BCUT2D eigenvalue weighted by atomic mass is 10.0. The second kappa shape index (κ2) is 7.79. The topological polar surface area (TPSA) is 52.7 Å². The number of amides is 2. The third kappa shape index (κ3) is 3.78. The largest absolute Gasteiger partial charge is 0.339 e. The molecule has 130 valence electrons. The van der Waals surface area contributed by atoms with Crippen molar-refractivity contribution >= 4 is 11.8 Å². The van der Waals surface area contributed by atoms with E-state index in [9.17, 15) is 9.59 Å². The van der Waals surface area contributed by atoms with Crippen molar-refractivity contribution in [3.8, 4) is 0 Å². The molecule has 1 N–H and O–H groups in total. The van der Waals surface area contributed by atoms with E-state index in [-0.39, 0.29) is 17.9 Å². The summed E-state index contributed by atoms with van der Waals surface area (Å²) in [5.74, 6) is 0.202. The second-order valence-corrected chi connectivity index (χ2v) is 6.82. The summed E-state index contributed by atoms with van der Waals surface area (Å²) in [5, 5.41) is 3.27. The van der Waals surface area contributed by atoms with Gasteiger partial charge in [0.15, 0.2) is 0 Å². The van der Waals surface area contributed by atoms with Gasteiger partial charge in [-0.25, -0.2) is 0 Å². The maximum absolute atomic E-state index is 12.9. The summed E-state index contributed by atoms with van der Waals surface area (Å²) in [6.45, 7) is 2.27. The standard InChI is InChI=1S/C19H27N3O2/c1-20-16-9-5-11-21(14-16)19(24)17-10-6-12-22(17)18(23)13-15-7-3-2-4-8-15/h2-4,7-8,16-17,20H,5-6,9-14H2,1H3. The van der Waals surface area contributed by atoms with Gasteiger partial charge in [0, 0.05) is 25.7 Å². The molecule has 0 bridgehead atoms. The molecule has 1 aromatic carbocycles. The van der Waals surface area contributed by atoms with Crippen LogP contribution in [0.4, 0.5) is 0 Å². The van der Waals surface area contributed by atoms with Crippen molar-refractivity contribution in [2.75, 3.05) is 26.7 Å². The zero-order valence-corrected chi connectivity index (χ0v) is 14.4. The van der Waals surface area contributed by atoms with Gasteiger partial charge < -0.3 is 15.1 Å². The second-order valence-electron chi connectivity index (χ2n) is 6.82. The van der Waals surface area contributed by atoms with E-state index in [2.05, 4.69) is 5.32 Å². The molecule has 5 heteroatoms. The van der Waals surface area contributed by atoms with Crippen LogP contribution in [0, 0.1) is 0 Å². The molecule has 2 heterocycles. The Morgan fingerprint density at radius 1 is 1.12 bits per heavy atom. The molecule has 2 saturated heterocycles. The van der Waals surface area contributed by atoms with E-state index in [0.29, 0.717) is 19.0 Å². The lowest BCUT2D eigenvalue weighted by Gasteiger charge is -2.36. The molecule has 0 spiro atoms. The monoisotopic (exact) mass is 329 g/mol. The predicted octanol–water partition coefficient (Wildman–Crippen LogP) is 1.43. The number of hydrogen-bond donors (Lipinski definition) is 1. The van der Waals surface area contributed by atoms with E-state index in [1.54, 1.807) is 4.90 Å². The van der Waals surface area contributed by atoms with Crippen LogP contribution >= 0.6 is 0 Å². The number of carbonyl (C=O) groups is 2. The van der Waals surface area contributed by atoms with Crippen LogP contribution in [0.5, 0.6) is 0 Å². The van der Waals surface area contributed by atoms with Crippen LogP contribution in [0.2, 0.25) is 0 Å². The first kappa shape index (κ1) is 17.0. The number of hydrogen-bond acceptors (Lipinski definition) is 3. The van der Waals surface area contributed by atoms with Gasteiger partial charge in [-0.2, -0.15) is 0 Å². The number of likely N-dealkylation sites (tertiary alicyclic amines) is 2. The van der Waals surface area contributed by atoms with Gasteiger partial charge in [0.1, 0.15) is 6.04 Å². The molecule has 2 aliphatic heterocycles. The summed E-state index contributed by atoms with van der Waals surface area (Å²) in [5.41, 5.74) is 1.01. The molecule has 1 aromatic rings. The highest BCUT2D eigenvalue weighted by Gasteiger charge is 2.37. The van der Waals surface area contributed by atoms with Crippen molar-refractivity contribution in [2.24, 2.45) is 0 Å². The molecule has 24 heavy (non-hydrogen) atoms. The maximum Gasteiger partial charge on any atom is 0.245 e. The molecular weight excluding hydrogens is 302 g/mol. The normalized spacial score (nSPS) is 24.2. The highest BCUT2D eigenvalue weighted by atomic mass is 16.2. The van der Waals surface area contributed by atoms with Crippen molar-refractivity contribution in [1.82, 2.24) is 15.1 Å². The van der Waals surface area contributed by atoms with E-state index in [1.165, 1.54) is 0 Å². The Labute approximate surface area is 144 Å². The quantitative estimate of drug-likeness (QED) is 0.909. The van der Waals surface area contributed by atoms with E-state index >= 15 is 0 Å². The van der Waals surface area contributed by atoms with Crippen LogP contribution in [0.1, 0.15) is 31.2 Å². The van der Waals surface area contributed by atoms with Crippen LogP contribution in [-0.2, 0) is 16.0 Å². The fourth-order valence-electron chi connectivity index (χ4n) is 3.82. The summed E-state index contributed by atoms with van der Waals surface area (Å²) in [6.07, 6.45) is 4.23. The van der Waals surface area contributed by atoms with Gasteiger partial charge in [-0.15, -0.1) is 0 Å². The summed E-state index contributed by atoms with van der Waals surface area (Å²) in [6, 6.07) is 9.88. The molecule has 0 aromatic heterocycles. The maximum atomic E-state index is 12.9. The Bertz CT molecular complexity index is 575. The Kier molecular flexibility index (Phi) is 5.51. The number of nitrogens with one attached hydrogen (secondary N) is 1. The van der Waals surface area contributed by atoms with Crippen LogP contribution in [0.25, 0.3) is 0 Å². The van der Waals surface area contributed by atoms with Gasteiger partial charge in [-0.1, -0.05) is 30.3 Å². The van der Waals surface area contributed by atoms with Crippen molar-refractivity contribution < 1.29 is 9.59 Å². The zero-order chi connectivity index (χ0) is 16.9. The van der Waals surface area contributed by atoms with Crippen LogP contribution < -0.4 is 5.32 Å². The van der Waals surface area contributed by atoms with Gasteiger partial charge >= 0.3 is 0 Å². The fourth-order valence-corrected chi connectivity index (χ4v) is 3.82.